The van der Waals surface area contributed by atoms with Crippen LogP contribution in [0, 0.1) is 12.7 Å². The van der Waals surface area contributed by atoms with Gasteiger partial charge in [-0.3, -0.25) is 9.59 Å². The molecule has 1 aromatic carbocycles. The van der Waals surface area contributed by atoms with Crippen LogP contribution >= 0.6 is 0 Å². The summed E-state index contributed by atoms with van der Waals surface area (Å²) in [5, 5.41) is 0.464. The molecular formula is C19H21FN2O6. The Kier molecular flexibility index (Phi) is 5.93. The molecule has 1 aromatic heterocycles. The van der Waals surface area contributed by atoms with Crippen molar-refractivity contribution in [1.29, 1.82) is 0 Å². The zero-order valence-electron chi connectivity index (χ0n) is 15.7. The molecule has 0 spiro atoms. The minimum absolute atomic E-state index is 0.0829. The number of hydrogen-bond donors (Lipinski definition) is 0. The second-order valence-corrected chi connectivity index (χ2v) is 6.52. The van der Waals surface area contributed by atoms with Crippen LogP contribution in [-0.2, 0) is 19.1 Å². The first kappa shape index (κ1) is 19.8. The Morgan fingerprint density at radius 3 is 2.68 bits per heavy atom. The monoisotopic (exact) mass is 392 g/mol. The van der Waals surface area contributed by atoms with E-state index in [1.807, 2.05) is 0 Å². The fourth-order valence-electron chi connectivity index (χ4n) is 2.89. The van der Waals surface area contributed by atoms with Gasteiger partial charge in [0.2, 0.25) is 11.7 Å². The van der Waals surface area contributed by atoms with Gasteiger partial charge in [-0.15, -0.1) is 0 Å². The maximum atomic E-state index is 13.4. The first-order chi connectivity index (χ1) is 13.4. The molecule has 0 radical (unpaired) electrons. The molecule has 2 amide bonds. The molecule has 1 fully saturated rings. The number of morpholine rings is 1. The SMILES string of the molecule is Cc1c(C(=O)OCC(=O)N(C)CC(=O)N2CCOCC2)oc2ccc(F)cc12. The lowest BCUT2D eigenvalue weighted by atomic mass is 10.1. The molecule has 8 nitrogen and oxygen atoms in total. The zero-order chi connectivity index (χ0) is 20.3. The fraction of sp³-hybridized carbons (Fsp3) is 0.421. The van der Waals surface area contributed by atoms with E-state index in [0.717, 1.165) is 0 Å². The largest absolute Gasteiger partial charge is 0.450 e. The third kappa shape index (κ3) is 4.30. The number of esters is 1. The molecule has 1 aliphatic rings. The van der Waals surface area contributed by atoms with Gasteiger partial charge in [0.05, 0.1) is 19.8 Å². The van der Waals surface area contributed by atoms with Crippen molar-refractivity contribution in [2.45, 2.75) is 6.92 Å². The van der Waals surface area contributed by atoms with Crippen LogP contribution in [0.15, 0.2) is 22.6 Å². The van der Waals surface area contributed by atoms with Gasteiger partial charge >= 0.3 is 5.97 Å². The van der Waals surface area contributed by atoms with Crippen molar-refractivity contribution in [3.05, 3.63) is 35.3 Å². The van der Waals surface area contributed by atoms with Crippen molar-refractivity contribution < 1.29 is 32.7 Å². The number of carbonyl (C=O) groups excluding carboxylic acids is 3. The van der Waals surface area contributed by atoms with E-state index >= 15 is 0 Å². The summed E-state index contributed by atoms with van der Waals surface area (Å²) in [6.07, 6.45) is 0. The lowest BCUT2D eigenvalue weighted by Gasteiger charge is -2.28. The van der Waals surface area contributed by atoms with Gasteiger partial charge in [-0.25, -0.2) is 9.18 Å². The number of nitrogens with zero attached hydrogens (tertiary/aromatic N) is 2. The predicted octanol–water partition coefficient (Wildman–Crippen LogP) is 1.35. The summed E-state index contributed by atoms with van der Waals surface area (Å²) in [7, 11) is 1.46. The number of rotatable bonds is 5. The van der Waals surface area contributed by atoms with E-state index < -0.39 is 24.3 Å². The van der Waals surface area contributed by atoms with Crippen LogP contribution in [-0.4, -0.2) is 74.1 Å². The normalized spacial score (nSPS) is 14.2. The molecule has 0 saturated carbocycles. The zero-order valence-corrected chi connectivity index (χ0v) is 15.7. The second kappa shape index (κ2) is 8.39. The van der Waals surface area contributed by atoms with Crippen LogP contribution < -0.4 is 0 Å². The summed E-state index contributed by atoms with van der Waals surface area (Å²) in [6.45, 7) is 2.89. The third-order valence-electron chi connectivity index (χ3n) is 4.57. The molecule has 150 valence electrons. The van der Waals surface area contributed by atoms with Crippen molar-refractivity contribution in [3.63, 3.8) is 0 Å². The van der Waals surface area contributed by atoms with Crippen molar-refractivity contribution in [2.24, 2.45) is 0 Å². The summed E-state index contributed by atoms with van der Waals surface area (Å²) in [5.41, 5.74) is 0.785. The van der Waals surface area contributed by atoms with Crippen LogP contribution in [0.1, 0.15) is 16.1 Å². The Bertz CT molecular complexity index is 903. The molecule has 1 saturated heterocycles. The summed E-state index contributed by atoms with van der Waals surface area (Å²) in [5.74, 6) is -2.07. The van der Waals surface area contributed by atoms with Gasteiger partial charge in [0, 0.05) is 31.1 Å². The van der Waals surface area contributed by atoms with Crippen molar-refractivity contribution >= 4 is 28.8 Å². The van der Waals surface area contributed by atoms with Gasteiger partial charge in [0.15, 0.2) is 6.61 Å². The van der Waals surface area contributed by atoms with Gasteiger partial charge in [0.1, 0.15) is 11.4 Å². The molecule has 9 heteroatoms. The Balaban J connectivity index is 1.55. The smallest absolute Gasteiger partial charge is 0.375 e. The highest BCUT2D eigenvalue weighted by Crippen LogP contribution is 2.26. The van der Waals surface area contributed by atoms with Crippen molar-refractivity contribution in [3.8, 4) is 0 Å². The van der Waals surface area contributed by atoms with Crippen LogP contribution in [0.4, 0.5) is 4.39 Å². The number of likely N-dealkylation sites (N-methyl/N-ethyl adjacent to an activating group) is 1. The number of ether oxygens (including phenoxy) is 2. The average molecular weight is 392 g/mol. The number of amides is 2. The molecule has 0 N–H and O–H groups in total. The molecule has 2 heterocycles. The summed E-state index contributed by atoms with van der Waals surface area (Å²) >= 11 is 0. The third-order valence-corrected chi connectivity index (χ3v) is 4.57. The summed E-state index contributed by atoms with van der Waals surface area (Å²) < 4.78 is 29.0. The molecular weight excluding hydrogens is 371 g/mol. The van der Waals surface area contributed by atoms with Gasteiger partial charge < -0.3 is 23.7 Å². The number of halogens is 1. The lowest BCUT2D eigenvalue weighted by Crippen LogP contribution is -2.46. The first-order valence-electron chi connectivity index (χ1n) is 8.82. The minimum atomic E-state index is -0.824. The number of fused-ring (bicyclic) bond motifs is 1. The van der Waals surface area contributed by atoms with Crippen LogP contribution in [0.3, 0.4) is 0 Å². The highest BCUT2D eigenvalue weighted by atomic mass is 19.1. The topological polar surface area (TPSA) is 89.3 Å². The number of carbonyl (C=O) groups is 3. The molecule has 0 unspecified atom stereocenters. The lowest BCUT2D eigenvalue weighted by molar-refractivity contribution is -0.143. The van der Waals surface area contributed by atoms with Gasteiger partial charge in [-0.2, -0.15) is 0 Å². The van der Waals surface area contributed by atoms with E-state index in [4.69, 9.17) is 13.9 Å². The van der Waals surface area contributed by atoms with Crippen LogP contribution in [0.5, 0.6) is 0 Å². The fourth-order valence-corrected chi connectivity index (χ4v) is 2.89. The molecule has 28 heavy (non-hydrogen) atoms. The molecule has 0 aliphatic carbocycles. The van der Waals surface area contributed by atoms with E-state index in [1.54, 1.807) is 11.8 Å². The Labute approximate surface area is 160 Å². The number of hydrogen-bond acceptors (Lipinski definition) is 6. The predicted molar refractivity (Wildman–Crippen MR) is 96.2 cm³/mol. The Morgan fingerprint density at radius 2 is 1.96 bits per heavy atom. The Hall–Kier alpha value is -2.94. The van der Waals surface area contributed by atoms with Gasteiger partial charge in [0.25, 0.3) is 5.91 Å². The number of aryl methyl sites for hydroxylation is 1. The van der Waals surface area contributed by atoms with E-state index in [0.29, 0.717) is 42.8 Å². The maximum absolute atomic E-state index is 13.4. The molecule has 3 rings (SSSR count). The van der Waals surface area contributed by atoms with E-state index in [1.165, 1.54) is 30.1 Å². The number of benzene rings is 1. The van der Waals surface area contributed by atoms with Gasteiger partial charge in [-0.1, -0.05) is 0 Å². The van der Waals surface area contributed by atoms with E-state index in [9.17, 15) is 18.8 Å². The van der Waals surface area contributed by atoms with Crippen LogP contribution in [0.25, 0.3) is 11.0 Å². The Morgan fingerprint density at radius 1 is 1.25 bits per heavy atom. The highest BCUT2D eigenvalue weighted by molar-refractivity contribution is 5.97. The second-order valence-electron chi connectivity index (χ2n) is 6.52. The molecule has 0 bridgehead atoms. The molecule has 0 atom stereocenters. The van der Waals surface area contributed by atoms with Crippen molar-refractivity contribution in [1.82, 2.24) is 9.80 Å². The standard InChI is InChI=1S/C19H21FN2O6/c1-12-14-9-13(20)3-4-15(14)28-18(12)19(25)27-11-17(24)21(2)10-16(23)22-5-7-26-8-6-22/h3-4,9H,5-8,10-11H2,1-2H3. The van der Waals surface area contributed by atoms with Gasteiger partial charge in [-0.05, 0) is 25.1 Å². The highest BCUT2D eigenvalue weighted by Gasteiger charge is 2.23. The molecule has 1 aliphatic heterocycles. The quantitative estimate of drug-likeness (QED) is 0.714. The van der Waals surface area contributed by atoms with Crippen molar-refractivity contribution in [2.75, 3.05) is 46.5 Å². The maximum Gasteiger partial charge on any atom is 0.375 e. The number of furan rings is 1. The minimum Gasteiger partial charge on any atom is -0.450 e. The first-order valence-corrected chi connectivity index (χ1v) is 8.82. The van der Waals surface area contributed by atoms with E-state index in [-0.39, 0.29) is 18.2 Å². The summed E-state index contributed by atoms with van der Waals surface area (Å²) in [4.78, 5) is 39.4. The average Bonchev–Trinajstić information content (AvgIpc) is 3.02. The summed E-state index contributed by atoms with van der Waals surface area (Å²) in [6, 6.07) is 3.91. The van der Waals surface area contributed by atoms with Crippen LogP contribution in [0.2, 0.25) is 0 Å². The molecule has 2 aromatic rings. The van der Waals surface area contributed by atoms with E-state index in [2.05, 4.69) is 0 Å².